The van der Waals surface area contributed by atoms with Gasteiger partial charge >= 0.3 is 5.97 Å². The number of nitrogens with zero attached hydrogens (tertiary/aromatic N) is 1. The van der Waals surface area contributed by atoms with Crippen molar-refractivity contribution in [2.45, 2.75) is 6.92 Å². The van der Waals surface area contributed by atoms with E-state index < -0.39 is 24.4 Å². The standard InChI is InChI=1S/C24H25N3O7/c1-16-4-7-19(31-2)18(12-16)27-22(28)14-26-23(29)15-34-24(30)9-6-17-5-8-20(33-11-10-25)21(13-17)32-3/h4-9,12-13H,11,14-15H2,1-3H3,(H,26,29)(H,27,28)/b9-6+. The van der Waals surface area contributed by atoms with Crippen LogP contribution in [0.4, 0.5) is 5.69 Å². The molecule has 10 heteroatoms. The van der Waals surface area contributed by atoms with Gasteiger partial charge in [-0.05, 0) is 48.4 Å². The lowest BCUT2D eigenvalue weighted by molar-refractivity contribution is -0.143. The Hall–Kier alpha value is -4.52. The van der Waals surface area contributed by atoms with Crippen LogP contribution in [0.5, 0.6) is 17.2 Å². The van der Waals surface area contributed by atoms with E-state index in [1.165, 1.54) is 20.3 Å². The number of nitriles is 1. The second kappa shape index (κ2) is 13.1. The molecule has 0 heterocycles. The minimum absolute atomic E-state index is 0.123. The zero-order valence-electron chi connectivity index (χ0n) is 19.0. The van der Waals surface area contributed by atoms with Crippen LogP contribution >= 0.6 is 0 Å². The van der Waals surface area contributed by atoms with E-state index >= 15 is 0 Å². The molecule has 0 spiro atoms. The molecule has 2 N–H and O–H groups in total. The van der Waals surface area contributed by atoms with Crippen molar-refractivity contribution in [3.8, 4) is 23.3 Å². The van der Waals surface area contributed by atoms with Crippen molar-refractivity contribution in [3.63, 3.8) is 0 Å². The van der Waals surface area contributed by atoms with Crippen LogP contribution in [0, 0.1) is 18.3 Å². The summed E-state index contributed by atoms with van der Waals surface area (Å²) in [6.07, 6.45) is 2.62. The maximum absolute atomic E-state index is 12.1. The van der Waals surface area contributed by atoms with Crippen LogP contribution in [0.3, 0.4) is 0 Å². The molecule has 2 aromatic rings. The summed E-state index contributed by atoms with van der Waals surface area (Å²) in [6.45, 7) is 0.899. The Morgan fingerprint density at radius 3 is 2.44 bits per heavy atom. The molecule has 0 radical (unpaired) electrons. The quantitative estimate of drug-likeness (QED) is 0.379. The van der Waals surface area contributed by atoms with Crippen LogP contribution in [0.15, 0.2) is 42.5 Å². The number of ether oxygens (including phenoxy) is 4. The highest BCUT2D eigenvalue weighted by molar-refractivity contribution is 5.96. The van der Waals surface area contributed by atoms with E-state index in [0.29, 0.717) is 28.5 Å². The first-order valence-electron chi connectivity index (χ1n) is 10.1. The fraction of sp³-hybridized carbons (Fsp3) is 0.250. The number of anilines is 1. The van der Waals surface area contributed by atoms with Crippen LogP contribution in [0.1, 0.15) is 11.1 Å². The number of amides is 2. The Kier molecular flexibility index (Phi) is 9.94. The molecule has 2 aromatic carbocycles. The number of carbonyl (C=O) groups is 3. The van der Waals surface area contributed by atoms with Gasteiger partial charge in [-0.25, -0.2) is 4.79 Å². The third-order valence-electron chi connectivity index (χ3n) is 4.31. The summed E-state index contributed by atoms with van der Waals surface area (Å²) >= 11 is 0. The highest BCUT2D eigenvalue weighted by Crippen LogP contribution is 2.28. The summed E-state index contributed by atoms with van der Waals surface area (Å²) in [5.41, 5.74) is 2.03. The zero-order valence-corrected chi connectivity index (χ0v) is 19.0. The molecular formula is C24H25N3O7. The Balaban J connectivity index is 1.79. The van der Waals surface area contributed by atoms with Crippen molar-refractivity contribution in [3.05, 3.63) is 53.6 Å². The van der Waals surface area contributed by atoms with Crippen LogP contribution < -0.4 is 24.8 Å². The first-order valence-corrected chi connectivity index (χ1v) is 10.1. The highest BCUT2D eigenvalue weighted by Gasteiger charge is 2.11. The molecule has 0 unspecified atom stereocenters. The topological polar surface area (TPSA) is 136 Å². The van der Waals surface area contributed by atoms with Gasteiger partial charge < -0.3 is 29.6 Å². The second-order valence-corrected chi connectivity index (χ2v) is 6.83. The van der Waals surface area contributed by atoms with Crippen LogP contribution in [0.25, 0.3) is 6.08 Å². The number of carbonyl (C=O) groups excluding carboxylic acids is 3. The van der Waals surface area contributed by atoms with Gasteiger partial charge in [-0.3, -0.25) is 9.59 Å². The van der Waals surface area contributed by atoms with Gasteiger partial charge in [-0.15, -0.1) is 0 Å². The van der Waals surface area contributed by atoms with Crippen molar-refractivity contribution in [1.82, 2.24) is 5.32 Å². The third kappa shape index (κ3) is 8.20. The average Bonchev–Trinajstić information content (AvgIpc) is 2.84. The molecule has 2 rings (SSSR count). The number of benzene rings is 2. The Morgan fingerprint density at radius 2 is 1.74 bits per heavy atom. The predicted octanol–water partition coefficient (Wildman–Crippen LogP) is 2.23. The van der Waals surface area contributed by atoms with Gasteiger partial charge in [0, 0.05) is 6.08 Å². The molecule has 0 saturated carbocycles. The summed E-state index contributed by atoms with van der Waals surface area (Å²) in [4.78, 5) is 35.9. The van der Waals surface area contributed by atoms with Gasteiger partial charge in [0.25, 0.3) is 5.91 Å². The molecular weight excluding hydrogens is 442 g/mol. The maximum atomic E-state index is 12.1. The van der Waals surface area contributed by atoms with Crippen molar-refractivity contribution in [2.24, 2.45) is 0 Å². The van der Waals surface area contributed by atoms with Crippen LogP contribution in [-0.4, -0.2) is 51.8 Å². The minimum atomic E-state index is -0.743. The van der Waals surface area contributed by atoms with E-state index in [2.05, 4.69) is 10.6 Å². The van der Waals surface area contributed by atoms with E-state index in [9.17, 15) is 14.4 Å². The minimum Gasteiger partial charge on any atom is -0.495 e. The van der Waals surface area contributed by atoms with Crippen molar-refractivity contribution in [2.75, 3.05) is 39.3 Å². The lowest BCUT2D eigenvalue weighted by Gasteiger charge is -2.11. The van der Waals surface area contributed by atoms with Gasteiger partial charge in [0.05, 0.1) is 26.5 Å². The number of aryl methyl sites for hydroxylation is 1. The first-order chi connectivity index (χ1) is 16.4. The zero-order chi connectivity index (χ0) is 24.9. The van der Waals surface area contributed by atoms with E-state index in [1.807, 2.05) is 19.1 Å². The Bertz CT molecular complexity index is 1110. The van der Waals surface area contributed by atoms with Crippen molar-refractivity contribution < 1.29 is 33.3 Å². The number of esters is 1. The van der Waals surface area contributed by atoms with Crippen LogP contribution in [0.2, 0.25) is 0 Å². The second-order valence-electron chi connectivity index (χ2n) is 6.83. The van der Waals surface area contributed by atoms with E-state index in [-0.39, 0.29) is 13.2 Å². The molecule has 0 saturated heterocycles. The molecule has 0 aliphatic carbocycles. The van der Waals surface area contributed by atoms with E-state index in [0.717, 1.165) is 11.6 Å². The summed E-state index contributed by atoms with van der Waals surface area (Å²) in [5.74, 6) is -0.550. The Labute approximate surface area is 197 Å². The monoisotopic (exact) mass is 467 g/mol. The summed E-state index contributed by atoms with van der Waals surface area (Å²) in [5, 5.41) is 13.6. The largest absolute Gasteiger partial charge is 0.495 e. The summed E-state index contributed by atoms with van der Waals surface area (Å²) < 4.78 is 20.5. The van der Waals surface area contributed by atoms with Gasteiger partial charge in [-0.2, -0.15) is 5.26 Å². The maximum Gasteiger partial charge on any atom is 0.331 e. The molecule has 0 aliphatic rings. The molecule has 0 aliphatic heterocycles. The molecule has 10 nitrogen and oxygen atoms in total. The SMILES string of the molecule is COc1ccc(C)cc1NC(=O)CNC(=O)COC(=O)/C=C/c1ccc(OCC#N)c(OC)c1. The number of methoxy groups -OCH3 is 2. The van der Waals surface area contributed by atoms with Gasteiger partial charge in [0.1, 0.15) is 11.8 Å². The average molecular weight is 467 g/mol. The Morgan fingerprint density at radius 1 is 1.00 bits per heavy atom. The number of hydrogen-bond donors (Lipinski definition) is 2. The molecule has 34 heavy (non-hydrogen) atoms. The fourth-order valence-corrected chi connectivity index (χ4v) is 2.71. The molecule has 0 bridgehead atoms. The molecule has 0 fully saturated rings. The molecule has 0 aromatic heterocycles. The fourth-order valence-electron chi connectivity index (χ4n) is 2.71. The van der Waals surface area contributed by atoms with Crippen molar-refractivity contribution >= 4 is 29.5 Å². The summed E-state index contributed by atoms with van der Waals surface area (Å²) in [7, 11) is 2.94. The van der Waals surface area contributed by atoms with E-state index in [1.54, 1.807) is 30.3 Å². The van der Waals surface area contributed by atoms with Crippen LogP contribution in [-0.2, 0) is 19.1 Å². The highest BCUT2D eigenvalue weighted by atomic mass is 16.5. The van der Waals surface area contributed by atoms with E-state index in [4.69, 9.17) is 24.2 Å². The summed E-state index contributed by atoms with van der Waals surface area (Å²) in [6, 6.07) is 12.1. The molecule has 0 atom stereocenters. The lowest BCUT2D eigenvalue weighted by atomic mass is 10.2. The predicted molar refractivity (Wildman–Crippen MR) is 123 cm³/mol. The number of hydrogen-bond acceptors (Lipinski definition) is 8. The van der Waals surface area contributed by atoms with Gasteiger partial charge in [0.2, 0.25) is 5.91 Å². The number of nitrogens with one attached hydrogen (secondary N) is 2. The lowest BCUT2D eigenvalue weighted by Crippen LogP contribution is -2.35. The van der Waals surface area contributed by atoms with Crippen molar-refractivity contribution in [1.29, 1.82) is 5.26 Å². The molecule has 178 valence electrons. The van der Waals surface area contributed by atoms with Gasteiger partial charge in [-0.1, -0.05) is 12.1 Å². The molecule has 2 amide bonds. The first kappa shape index (κ1) is 25.7. The number of rotatable bonds is 11. The third-order valence-corrected chi connectivity index (χ3v) is 4.31. The smallest absolute Gasteiger partial charge is 0.331 e. The van der Waals surface area contributed by atoms with Gasteiger partial charge in [0.15, 0.2) is 24.7 Å². The normalized spacial score (nSPS) is 10.2.